The molecule has 0 fully saturated rings. The minimum absolute atomic E-state index is 0.122. The SMILES string of the molecule is Cc1nn(-c2ccc(C(F)(F)F)cc2)cc1C(C)CSc1cccc(C(=O)O)c1. The zero-order valence-electron chi connectivity index (χ0n) is 15.8. The van der Waals surface area contributed by atoms with Crippen LogP contribution in [0, 0.1) is 6.92 Å². The normalized spacial score (nSPS) is 12.7. The monoisotopic (exact) mass is 420 g/mol. The van der Waals surface area contributed by atoms with Crippen LogP contribution in [0.5, 0.6) is 0 Å². The second kappa shape index (κ2) is 8.32. The summed E-state index contributed by atoms with van der Waals surface area (Å²) in [7, 11) is 0. The molecule has 1 unspecified atom stereocenters. The Morgan fingerprint density at radius 2 is 1.90 bits per heavy atom. The molecule has 0 aliphatic heterocycles. The van der Waals surface area contributed by atoms with Gasteiger partial charge in [-0.3, -0.25) is 0 Å². The number of carboxylic acid groups (broad SMARTS) is 1. The number of halogens is 3. The number of hydrogen-bond acceptors (Lipinski definition) is 3. The number of rotatable bonds is 6. The lowest BCUT2D eigenvalue weighted by atomic mass is 10.1. The summed E-state index contributed by atoms with van der Waals surface area (Å²) in [5.74, 6) is -0.131. The van der Waals surface area contributed by atoms with E-state index in [2.05, 4.69) is 5.10 Å². The van der Waals surface area contributed by atoms with Crippen LogP contribution in [0.4, 0.5) is 13.2 Å². The fourth-order valence-electron chi connectivity index (χ4n) is 2.92. The van der Waals surface area contributed by atoms with E-state index >= 15 is 0 Å². The number of thioether (sulfide) groups is 1. The average Bonchev–Trinajstić information content (AvgIpc) is 3.07. The number of aromatic carboxylic acids is 1. The quantitative estimate of drug-likeness (QED) is 0.513. The summed E-state index contributed by atoms with van der Waals surface area (Å²) in [5.41, 5.74) is 1.90. The van der Waals surface area contributed by atoms with Crippen LogP contribution in [0.2, 0.25) is 0 Å². The molecule has 29 heavy (non-hydrogen) atoms. The van der Waals surface area contributed by atoms with Gasteiger partial charge < -0.3 is 5.11 Å². The van der Waals surface area contributed by atoms with Crippen LogP contribution in [-0.2, 0) is 6.18 Å². The largest absolute Gasteiger partial charge is 0.478 e. The molecule has 1 atom stereocenters. The summed E-state index contributed by atoms with van der Waals surface area (Å²) in [6, 6.07) is 11.6. The molecular formula is C21H19F3N2O2S. The number of carbonyl (C=O) groups is 1. The van der Waals surface area contributed by atoms with Crippen LogP contribution >= 0.6 is 11.8 Å². The molecule has 3 aromatic rings. The van der Waals surface area contributed by atoms with Crippen LogP contribution in [-0.4, -0.2) is 26.6 Å². The highest BCUT2D eigenvalue weighted by Crippen LogP contribution is 2.31. The second-order valence-corrected chi connectivity index (χ2v) is 7.80. The number of benzene rings is 2. The molecule has 2 aromatic carbocycles. The van der Waals surface area contributed by atoms with E-state index in [-0.39, 0.29) is 11.5 Å². The van der Waals surface area contributed by atoms with E-state index in [9.17, 15) is 18.0 Å². The second-order valence-electron chi connectivity index (χ2n) is 6.70. The number of hydrogen-bond donors (Lipinski definition) is 1. The van der Waals surface area contributed by atoms with Crippen LogP contribution in [0.3, 0.4) is 0 Å². The van der Waals surface area contributed by atoms with Gasteiger partial charge in [-0.1, -0.05) is 13.0 Å². The summed E-state index contributed by atoms with van der Waals surface area (Å²) in [6.45, 7) is 3.90. The van der Waals surface area contributed by atoms with Crippen molar-refractivity contribution in [2.24, 2.45) is 0 Å². The first-order valence-electron chi connectivity index (χ1n) is 8.85. The topological polar surface area (TPSA) is 55.1 Å². The fraction of sp³-hybridized carbons (Fsp3) is 0.238. The zero-order chi connectivity index (χ0) is 21.2. The van der Waals surface area contributed by atoms with E-state index in [1.807, 2.05) is 26.1 Å². The minimum atomic E-state index is -4.37. The van der Waals surface area contributed by atoms with E-state index in [0.29, 0.717) is 11.4 Å². The fourth-order valence-corrected chi connectivity index (χ4v) is 3.93. The minimum Gasteiger partial charge on any atom is -0.478 e. The standard InChI is InChI=1S/C21H19F3N2O2S/c1-13(12-29-18-5-3-4-15(10-18)20(27)28)19-11-26(25-14(19)2)17-8-6-16(7-9-17)21(22,23)24/h3-11,13H,12H2,1-2H3,(H,27,28). The van der Waals surface area contributed by atoms with Crippen molar-refractivity contribution in [3.8, 4) is 5.69 Å². The van der Waals surface area contributed by atoms with Gasteiger partial charge in [-0.15, -0.1) is 11.8 Å². The van der Waals surface area contributed by atoms with Gasteiger partial charge in [-0.25, -0.2) is 9.48 Å². The van der Waals surface area contributed by atoms with E-state index in [0.717, 1.165) is 28.3 Å². The van der Waals surface area contributed by atoms with Crippen LogP contribution < -0.4 is 0 Å². The Bertz CT molecular complexity index is 1010. The Balaban J connectivity index is 1.72. The van der Waals surface area contributed by atoms with Crippen molar-refractivity contribution in [1.82, 2.24) is 9.78 Å². The van der Waals surface area contributed by atoms with Crippen LogP contribution in [0.15, 0.2) is 59.6 Å². The van der Waals surface area contributed by atoms with Crippen molar-refractivity contribution in [3.63, 3.8) is 0 Å². The molecule has 0 spiro atoms. The highest BCUT2D eigenvalue weighted by Gasteiger charge is 2.30. The average molecular weight is 420 g/mol. The third-order valence-corrected chi connectivity index (χ3v) is 5.76. The Kier molecular flexibility index (Phi) is 6.02. The molecule has 0 radical (unpaired) electrons. The summed E-state index contributed by atoms with van der Waals surface area (Å²) in [5, 5.41) is 13.5. The predicted octanol–water partition coefficient (Wildman–Crippen LogP) is 5.79. The smallest absolute Gasteiger partial charge is 0.416 e. The van der Waals surface area contributed by atoms with Crippen LogP contribution in [0.25, 0.3) is 5.69 Å². The van der Waals surface area contributed by atoms with Gasteiger partial charge in [0.15, 0.2) is 0 Å². The Morgan fingerprint density at radius 3 is 2.52 bits per heavy atom. The number of aryl methyl sites for hydroxylation is 1. The van der Waals surface area contributed by atoms with Crippen molar-refractivity contribution in [2.75, 3.05) is 5.75 Å². The molecule has 0 bridgehead atoms. The van der Waals surface area contributed by atoms with Crippen molar-refractivity contribution in [1.29, 1.82) is 0 Å². The van der Waals surface area contributed by atoms with Crippen molar-refractivity contribution < 1.29 is 23.1 Å². The molecule has 1 N–H and O–H groups in total. The number of nitrogens with zero attached hydrogens (tertiary/aromatic N) is 2. The van der Waals surface area contributed by atoms with E-state index < -0.39 is 17.7 Å². The van der Waals surface area contributed by atoms with Gasteiger partial charge >= 0.3 is 12.1 Å². The molecule has 8 heteroatoms. The number of aromatic nitrogens is 2. The summed E-state index contributed by atoms with van der Waals surface area (Å²) >= 11 is 1.55. The number of alkyl halides is 3. The molecule has 1 aromatic heterocycles. The van der Waals surface area contributed by atoms with Gasteiger partial charge in [0.2, 0.25) is 0 Å². The van der Waals surface area contributed by atoms with Crippen molar-refractivity contribution >= 4 is 17.7 Å². The molecule has 3 rings (SSSR count). The zero-order valence-corrected chi connectivity index (χ0v) is 16.6. The molecule has 4 nitrogen and oxygen atoms in total. The Morgan fingerprint density at radius 1 is 1.21 bits per heavy atom. The van der Waals surface area contributed by atoms with Gasteiger partial charge in [0.1, 0.15) is 0 Å². The van der Waals surface area contributed by atoms with Crippen molar-refractivity contribution in [3.05, 3.63) is 77.1 Å². The third-order valence-electron chi connectivity index (χ3n) is 4.51. The number of carboxylic acids is 1. The first kappa shape index (κ1) is 21.0. The molecule has 0 aliphatic carbocycles. The molecule has 0 aliphatic rings. The first-order chi connectivity index (χ1) is 13.6. The molecule has 0 saturated carbocycles. The van der Waals surface area contributed by atoms with E-state index in [1.165, 1.54) is 12.1 Å². The first-order valence-corrected chi connectivity index (χ1v) is 9.83. The van der Waals surface area contributed by atoms with Gasteiger partial charge in [-0.2, -0.15) is 18.3 Å². The molecular weight excluding hydrogens is 401 g/mol. The predicted molar refractivity (Wildman–Crippen MR) is 106 cm³/mol. The molecule has 152 valence electrons. The summed E-state index contributed by atoms with van der Waals surface area (Å²) < 4.78 is 39.8. The van der Waals surface area contributed by atoms with E-state index in [1.54, 1.807) is 34.6 Å². The van der Waals surface area contributed by atoms with E-state index in [4.69, 9.17) is 5.11 Å². The van der Waals surface area contributed by atoms with Gasteiger partial charge in [0.25, 0.3) is 0 Å². The van der Waals surface area contributed by atoms with Gasteiger partial charge in [0, 0.05) is 16.8 Å². The lowest BCUT2D eigenvalue weighted by Crippen LogP contribution is -2.05. The summed E-state index contributed by atoms with van der Waals surface area (Å²) in [6.07, 6.45) is -2.54. The van der Waals surface area contributed by atoms with Crippen LogP contribution in [0.1, 0.15) is 40.0 Å². The maximum absolute atomic E-state index is 12.7. The highest BCUT2D eigenvalue weighted by atomic mass is 32.2. The van der Waals surface area contributed by atoms with Gasteiger partial charge in [-0.05, 0) is 60.9 Å². The van der Waals surface area contributed by atoms with Gasteiger partial charge in [0.05, 0.1) is 22.5 Å². The lowest BCUT2D eigenvalue weighted by Gasteiger charge is -2.10. The third kappa shape index (κ3) is 5.00. The Labute approximate surface area is 170 Å². The summed E-state index contributed by atoms with van der Waals surface area (Å²) in [4.78, 5) is 12.0. The maximum atomic E-state index is 12.7. The highest BCUT2D eigenvalue weighted by molar-refractivity contribution is 7.99. The lowest BCUT2D eigenvalue weighted by molar-refractivity contribution is -0.137. The molecule has 1 heterocycles. The molecule has 0 amide bonds. The molecule has 0 saturated heterocycles. The maximum Gasteiger partial charge on any atom is 0.416 e. The Hall–Kier alpha value is -2.74. The van der Waals surface area contributed by atoms with Crippen molar-refractivity contribution in [2.45, 2.75) is 30.8 Å².